The Kier molecular flexibility index (Phi) is 8.95. The minimum absolute atomic E-state index is 0.0139. The van der Waals surface area contributed by atoms with Crippen molar-refractivity contribution in [2.24, 2.45) is 5.41 Å². The van der Waals surface area contributed by atoms with Crippen LogP contribution in [0.4, 0.5) is 13.2 Å². The Hall–Kier alpha value is -2.39. The molecule has 5 nitrogen and oxygen atoms in total. The van der Waals surface area contributed by atoms with Crippen molar-refractivity contribution in [3.05, 3.63) is 70.1 Å². The Morgan fingerprint density at radius 1 is 1.16 bits per heavy atom. The van der Waals surface area contributed by atoms with Crippen molar-refractivity contribution in [1.29, 1.82) is 0 Å². The molecule has 9 heteroatoms. The largest absolute Gasteiger partial charge is 0.497 e. The van der Waals surface area contributed by atoms with E-state index in [1.807, 2.05) is 12.1 Å². The first-order valence-electron chi connectivity index (χ1n) is 12.5. The van der Waals surface area contributed by atoms with Crippen molar-refractivity contribution in [2.75, 3.05) is 33.4 Å². The number of aliphatic hydroxyl groups excluding tert-OH is 2. The lowest BCUT2D eigenvalue weighted by atomic mass is 9.74. The van der Waals surface area contributed by atoms with E-state index in [9.17, 15) is 23.4 Å². The van der Waals surface area contributed by atoms with Crippen LogP contribution in [0.2, 0.25) is 5.02 Å². The number of methoxy groups -OCH3 is 1. The van der Waals surface area contributed by atoms with Crippen LogP contribution in [0.1, 0.15) is 49.3 Å². The molecule has 2 aromatic carbocycles. The van der Waals surface area contributed by atoms with Crippen LogP contribution < -0.4 is 4.74 Å². The summed E-state index contributed by atoms with van der Waals surface area (Å²) in [6.45, 7) is 2.17. The maximum atomic E-state index is 13.9. The van der Waals surface area contributed by atoms with Crippen LogP contribution in [-0.2, 0) is 6.42 Å². The molecule has 0 spiro atoms. The number of halogens is 4. The number of hydrogen-bond acceptors (Lipinski definition) is 5. The summed E-state index contributed by atoms with van der Waals surface area (Å²) < 4.78 is 46.1. The summed E-state index contributed by atoms with van der Waals surface area (Å²) in [6, 6.07) is 7.05. The molecule has 1 aliphatic heterocycles. The summed E-state index contributed by atoms with van der Waals surface area (Å²) in [5.41, 5.74) is 1.05. The molecule has 37 heavy (non-hydrogen) atoms. The van der Waals surface area contributed by atoms with E-state index in [4.69, 9.17) is 16.3 Å². The zero-order chi connectivity index (χ0) is 26.6. The van der Waals surface area contributed by atoms with Gasteiger partial charge < -0.3 is 19.8 Å². The summed E-state index contributed by atoms with van der Waals surface area (Å²) in [7, 11) is 1.58. The smallest absolute Gasteiger partial charge is 0.162 e. The third kappa shape index (κ3) is 6.37. The number of pyridine rings is 1. The SMILES string of the molecule is COc1ccc2ncc(Cl)c(C(O)CCC3(CO)CCN(CCCc4cc(F)cc(F)c4F)CC3)c2c1. The summed E-state index contributed by atoms with van der Waals surface area (Å²) >= 11 is 6.44. The van der Waals surface area contributed by atoms with Gasteiger partial charge in [0.15, 0.2) is 11.6 Å². The number of aryl methyl sites for hydroxylation is 1. The fraction of sp³-hybridized carbons (Fsp3) is 0.464. The van der Waals surface area contributed by atoms with Crippen LogP contribution in [0.25, 0.3) is 10.9 Å². The maximum Gasteiger partial charge on any atom is 0.162 e. The second-order valence-corrected chi connectivity index (χ2v) is 10.3. The lowest BCUT2D eigenvalue weighted by molar-refractivity contribution is 0.0234. The lowest BCUT2D eigenvalue weighted by Crippen LogP contribution is -2.42. The van der Waals surface area contributed by atoms with Gasteiger partial charge in [-0.1, -0.05) is 11.6 Å². The van der Waals surface area contributed by atoms with E-state index >= 15 is 0 Å². The first kappa shape index (κ1) is 27.6. The summed E-state index contributed by atoms with van der Waals surface area (Å²) in [5, 5.41) is 22.5. The zero-order valence-corrected chi connectivity index (χ0v) is 21.6. The number of nitrogens with zero attached hydrogens (tertiary/aromatic N) is 2. The van der Waals surface area contributed by atoms with Gasteiger partial charge >= 0.3 is 0 Å². The van der Waals surface area contributed by atoms with E-state index in [-0.39, 0.29) is 24.0 Å². The van der Waals surface area contributed by atoms with Gasteiger partial charge in [0, 0.05) is 29.8 Å². The molecule has 1 unspecified atom stereocenters. The molecule has 4 rings (SSSR count). The van der Waals surface area contributed by atoms with Crippen LogP contribution in [0, 0.1) is 22.9 Å². The Morgan fingerprint density at radius 3 is 2.62 bits per heavy atom. The van der Waals surface area contributed by atoms with Gasteiger partial charge in [-0.3, -0.25) is 4.98 Å². The van der Waals surface area contributed by atoms with Crippen molar-refractivity contribution in [1.82, 2.24) is 9.88 Å². The van der Waals surface area contributed by atoms with E-state index in [1.165, 1.54) is 0 Å². The standard InChI is InChI=1S/C28H32ClF3N2O3/c1-37-20-4-5-24-21(15-20)26(22(29)16-33-24)25(36)6-7-28(17-35)8-11-34(12-9-28)10-2-3-18-13-19(30)14-23(31)27(18)32/h4-5,13-16,25,35-36H,2-3,6-12,17H2,1H3. The quantitative estimate of drug-likeness (QED) is 0.319. The van der Waals surface area contributed by atoms with E-state index in [2.05, 4.69) is 9.88 Å². The molecule has 2 N–H and O–H groups in total. The van der Waals surface area contributed by atoms with Gasteiger partial charge in [0.1, 0.15) is 11.6 Å². The highest BCUT2D eigenvalue weighted by atomic mass is 35.5. The number of aliphatic hydroxyl groups is 2. The van der Waals surface area contributed by atoms with Crippen LogP contribution in [0.3, 0.4) is 0 Å². The fourth-order valence-corrected chi connectivity index (χ4v) is 5.52. The highest BCUT2D eigenvalue weighted by molar-refractivity contribution is 6.32. The summed E-state index contributed by atoms with van der Waals surface area (Å²) in [6.07, 6.45) is 4.08. The topological polar surface area (TPSA) is 65.8 Å². The molecule has 0 bridgehead atoms. The number of benzene rings is 2. The third-order valence-corrected chi connectivity index (χ3v) is 7.89. The predicted molar refractivity (Wildman–Crippen MR) is 137 cm³/mol. The molecule has 0 saturated carbocycles. The maximum absolute atomic E-state index is 13.9. The van der Waals surface area contributed by atoms with Crippen molar-refractivity contribution < 1.29 is 28.1 Å². The number of likely N-dealkylation sites (tertiary alicyclic amines) is 1. The Labute approximate surface area is 219 Å². The Bertz CT molecular complexity index is 1240. The van der Waals surface area contributed by atoms with Crippen molar-refractivity contribution in [3.8, 4) is 5.75 Å². The Balaban J connectivity index is 1.33. The Morgan fingerprint density at radius 2 is 1.92 bits per heavy atom. The number of piperidine rings is 1. The van der Waals surface area contributed by atoms with E-state index in [0.717, 1.165) is 37.4 Å². The zero-order valence-electron chi connectivity index (χ0n) is 20.8. The molecule has 200 valence electrons. The molecular weight excluding hydrogens is 505 g/mol. The number of ether oxygens (including phenoxy) is 1. The molecule has 1 saturated heterocycles. The van der Waals surface area contributed by atoms with Crippen molar-refractivity contribution >= 4 is 22.5 Å². The molecule has 1 aromatic heterocycles. The van der Waals surface area contributed by atoms with Crippen LogP contribution in [0.15, 0.2) is 36.5 Å². The van der Waals surface area contributed by atoms with Gasteiger partial charge in [0.05, 0.1) is 23.8 Å². The number of rotatable bonds is 10. The number of fused-ring (bicyclic) bond motifs is 1. The van der Waals surface area contributed by atoms with Gasteiger partial charge in [-0.2, -0.15) is 0 Å². The van der Waals surface area contributed by atoms with Gasteiger partial charge in [-0.05, 0) is 93.4 Å². The average molecular weight is 537 g/mol. The van der Waals surface area contributed by atoms with Crippen LogP contribution in [-0.4, -0.2) is 53.4 Å². The van der Waals surface area contributed by atoms with Gasteiger partial charge in [0.25, 0.3) is 0 Å². The second kappa shape index (κ2) is 12.0. The predicted octanol–water partition coefficient (Wildman–Crippen LogP) is 5.84. The molecule has 1 fully saturated rings. The van der Waals surface area contributed by atoms with Gasteiger partial charge in [0.2, 0.25) is 0 Å². The average Bonchev–Trinajstić information content (AvgIpc) is 2.90. The monoisotopic (exact) mass is 536 g/mol. The normalized spacial score (nSPS) is 16.7. The molecule has 0 radical (unpaired) electrons. The lowest BCUT2D eigenvalue weighted by Gasteiger charge is -2.41. The molecule has 1 atom stereocenters. The highest BCUT2D eigenvalue weighted by Crippen LogP contribution is 2.40. The number of hydrogen-bond donors (Lipinski definition) is 2. The third-order valence-electron chi connectivity index (χ3n) is 7.59. The van der Waals surface area contributed by atoms with E-state index in [0.29, 0.717) is 53.7 Å². The van der Waals surface area contributed by atoms with E-state index in [1.54, 1.807) is 19.4 Å². The van der Waals surface area contributed by atoms with Crippen LogP contribution in [0.5, 0.6) is 5.75 Å². The van der Waals surface area contributed by atoms with Gasteiger partial charge in [-0.25, -0.2) is 13.2 Å². The van der Waals surface area contributed by atoms with Gasteiger partial charge in [-0.15, -0.1) is 0 Å². The molecule has 2 heterocycles. The minimum Gasteiger partial charge on any atom is -0.497 e. The summed E-state index contributed by atoms with van der Waals surface area (Å²) in [5.74, 6) is -2.28. The molecular formula is C28H32ClF3N2O3. The first-order valence-corrected chi connectivity index (χ1v) is 12.9. The fourth-order valence-electron chi connectivity index (χ4n) is 5.24. The molecule has 0 amide bonds. The molecule has 1 aliphatic rings. The van der Waals surface area contributed by atoms with Crippen LogP contribution >= 0.6 is 11.6 Å². The number of aromatic nitrogens is 1. The molecule has 0 aliphatic carbocycles. The second-order valence-electron chi connectivity index (χ2n) is 9.92. The summed E-state index contributed by atoms with van der Waals surface area (Å²) in [4.78, 5) is 6.56. The van der Waals surface area contributed by atoms with E-state index < -0.39 is 23.6 Å². The van der Waals surface area contributed by atoms with Crippen molar-refractivity contribution in [3.63, 3.8) is 0 Å². The first-order chi connectivity index (χ1) is 17.7. The highest BCUT2D eigenvalue weighted by Gasteiger charge is 2.34. The molecule has 3 aromatic rings. The minimum atomic E-state index is -1.16. The van der Waals surface area contributed by atoms with Crippen molar-refractivity contribution in [2.45, 2.75) is 44.6 Å².